The first-order chi connectivity index (χ1) is 12.1. The fourth-order valence-electron chi connectivity index (χ4n) is 2.50. The standard InChI is InChI=1S/C20H19N5/c1-14-12-19(23-15(2)17-6-4-3-5-7-17)25-20(22-14)24-18-10-8-16(13-21)9-11-18/h3-12,15H,1-2H3,(H2,22,23,24,25). The zero-order chi connectivity index (χ0) is 17.6. The Kier molecular flexibility index (Phi) is 4.91. The zero-order valence-corrected chi connectivity index (χ0v) is 14.2. The molecule has 0 bridgehead atoms. The molecule has 2 N–H and O–H groups in total. The maximum absolute atomic E-state index is 8.87. The van der Waals surface area contributed by atoms with Crippen LogP contribution in [0, 0.1) is 18.3 Å². The monoisotopic (exact) mass is 329 g/mol. The van der Waals surface area contributed by atoms with Gasteiger partial charge in [0.25, 0.3) is 0 Å². The molecule has 1 heterocycles. The van der Waals surface area contributed by atoms with Crippen molar-refractivity contribution in [1.82, 2.24) is 9.97 Å². The van der Waals surface area contributed by atoms with Gasteiger partial charge in [-0.25, -0.2) is 4.98 Å². The molecule has 0 aliphatic carbocycles. The lowest BCUT2D eigenvalue weighted by Gasteiger charge is -2.16. The summed E-state index contributed by atoms with van der Waals surface area (Å²) in [5, 5.41) is 15.5. The SMILES string of the molecule is Cc1cc(NC(C)c2ccccc2)nc(Nc2ccc(C#N)cc2)n1. The van der Waals surface area contributed by atoms with E-state index >= 15 is 0 Å². The van der Waals surface area contributed by atoms with Gasteiger partial charge in [0.2, 0.25) is 5.95 Å². The van der Waals surface area contributed by atoms with Crippen molar-refractivity contribution in [2.45, 2.75) is 19.9 Å². The predicted octanol–water partition coefficient (Wildman–Crippen LogP) is 4.57. The Bertz CT molecular complexity index is 882. The van der Waals surface area contributed by atoms with Crippen LogP contribution in [0.2, 0.25) is 0 Å². The van der Waals surface area contributed by atoms with Crippen LogP contribution in [-0.2, 0) is 0 Å². The summed E-state index contributed by atoms with van der Waals surface area (Å²) in [6.45, 7) is 4.03. The fraction of sp³-hybridized carbons (Fsp3) is 0.150. The van der Waals surface area contributed by atoms with Gasteiger partial charge < -0.3 is 10.6 Å². The summed E-state index contributed by atoms with van der Waals surface area (Å²) in [5.41, 5.74) is 3.52. The number of anilines is 3. The molecule has 5 heteroatoms. The van der Waals surface area contributed by atoms with E-state index in [0.717, 1.165) is 17.2 Å². The van der Waals surface area contributed by atoms with Crippen LogP contribution in [0.4, 0.5) is 17.5 Å². The molecule has 3 rings (SSSR count). The van der Waals surface area contributed by atoms with Gasteiger partial charge in [0.1, 0.15) is 5.82 Å². The largest absolute Gasteiger partial charge is 0.363 e. The summed E-state index contributed by atoms with van der Waals surface area (Å²) >= 11 is 0. The molecule has 124 valence electrons. The van der Waals surface area contributed by atoms with Gasteiger partial charge in [-0.05, 0) is 43.7 Å². The molecule has 0 fully saturated rings. The van der Waals surface area contributed by atoms with E-state index in [2.05, 4.69) is 45.7 Å². The quantitative estimate of drug-likeness (QED) is 0.717. The van der Waals surface area contributed by atoms with E-state index in [9.17, 15) is 0 Å². The minimum atomic E-state index is 0.137. The lowest BCUT2D eigenvalue weighted by molar-refractivity contribution is 0.871. The molecular formula is C20H19N5. The van der Waals surface area contributed by atoms with Crippen LogP contribution >= 0.6 is 0 Å². The highest BCUT2D eigenvalue weighted by molar-refractivity contribution is 5.56. The Morgan fingerprint density at radius 1 is 1.00 bits per heavy atom. The summed E-state index contributed by atoms with van der Waals surface area (Å²) in [4.78, 5) is 8.96. The third kappa shape index (κ3) is 4.33. The molecule has 0 radical (unpaired) electrons. The van der Waals surface area contributed by atoms with E-state index in [-0.39, 0.29) is 6.04 Å². The van der Waals surface area contributed by atoms with E-state index in [0.29, 0.717) is 11.5 Å². The second kappa shape index (κ2) is 7.45. The number of rotatable bonds is 5. The van der Waals surface area contributed by atoms with Gasteiger partial charge in [-0.15, -0.1) is 0 Å². The van der Waals surface area contributed by atoms with Crippen molar-refractivity contribution >= 4 is 17.5 Å². The Morgan fingerprint density at radius 3 is 2.40 bits per heavy atom. The highest BCUT2D eigenvalue weighted by Crippen LogP contribution is 2.20. The van der Waals surface area contributed by atoms with Gasteiger partial charge in [0.05, 0.1) is 11.6 Å². The minimum absolute atomic E-state index is 0.137. The fourth-order valence-corrected chi connectivity index (χ4v) is 2.50. The minimum Gasteiger partial charge on any atom is -0.363 e. The van der Waals surface area contributed by atoms with E-state index in [1.165, 1.54) is 5.56 Å². The van der Waals surface area contributed by atoms with E-state index in [4.69, 9.17) is 5.26 Å². The van der Waals surface area contributed by atoms with Crippen LogP contribution in [0.25, 0.3) is 0 Å². The molecule has 1 unspecified atom stereocenters. The van der Waals surface area contributed by atoms with Gasteiger partial charge in [-0.3, -0.25) is 0 Å². The Hall–Kier alpha value is -3.39. The average molecular weight is 329 g/mol. The van der Waals surface area contributed by atoms with E-state index in [1.54, 1.807) is 12.1 Å². The molecule has 0 aliphatic heterocycles. The maximum atomic E-state index is 8.87. The van der Waals surface area contributed by atoms with Crippen molar-refractivity contribution in [3.63, 3.8) is 0 Å². The molecular weight excluding hydrogens is 310 g/mol. The first kappa shape index (κ1) is 16.5. The van der Waals surface area contributed by atoms with Gasteiger partial charge in [0.15, 0.2) is 0 Å². The summed E-state index contributed by atoms with van der Waals surface area (Å²) in [6, 6.07) is 21.6. The summed E-state index contributed by atoms with van der Waals surface area (Å²) in [7, 11) is 0. The van der Waals surface area contributed by atoms with Gasteiger partial charge in [0, 0.05) is 23.5 Å². The second-order valence-electron chi connectivity index (χ2n) is 5.81. The van der Waals surface area contributed by atoms with Crippen molar-refractivity contribution in [3.05, 3.63) is 77.5 Å². The van der Waals surface area contributed by atoms with Crippen LogP contribution in [0.1, 0.15) is 29.8 Å². The first-order valence-corrected chi connectivity index (χ1v) is 8.08. The smallest absolute Gasteiger partial charge is 0.229 e. The lowest BCUT2D eigenvalue weighted by atomic mass is 10.1. The molecule has 1 atom stereocenters. The van der Waals surface area contributed by atoms with Gasteiger partial charge in [-0.2, -0.15) is 10.2 Å². The molecule has 3 aromatic rings. The molecule has 0 saturated carbocycles. The number of nitrogens with zero attached hydrogens (tertiary/aromatic N) is 3. The van der Waals surface area contributed by atoms with Crippen molar-refractivity contribution in [2.24, 2.45) is 0 Å². The third-order valence-corrected chi connectivity index (χ3v) is 3.79. The molecule has 0 saturated heterocycles. The Morgan fingerprint density at radius 2 is 1.72 bits per heavy atom. The Balaban J connectivity index is 1.77. The number of hydrogen-bond donors (Lipinski definition) is 2. The highest BCUT2D eigenvalue weighted by Gasteiger charge is 2.08. The lowest BCUT2D eigenvalue weighted by Crippen LogP contribution is -2.09. The predicted molar refractivity (Wildman–Crippen MR) is 99.7 cm³/mol. The summed E-state index contributed by atoms with van der Waals surface area (Å²) in [5.74, 6) is 1.28. The van der Waals surface area contributed by atoms with E-state index < -0.39 is 0 Å². The van der Waals surface area contributed by atoms with Crippen LogP contribution < -0.4 is 10.6 Å². The Labute approximate surface area is 147 Å². The van der Waals surface area contributed by atoms with Crippen LogP contribution in [0.3, 0.4) is 0 Å². The van der Waals surface area contributed by atoms with Crippen LogP contribution in [0.5, 0.6) is 0 Å². The molecule has 0 amide bonds. The number of nitrogens with one attached hydrogen (secondary N) is 2. The van der Waals surface area contributed by atoms with Crippen LogP contribution in [-0.4, -0.2) is 9.97 Å². The number of aryl methyl sites for hydroxylation is 1. The molecule has 25 heavy (non-hydrogen) atoms. The number of aromatic nitrogens is 2. The highest BCUT2D eigenvalue weighted by atomic mass is 15.1. The molecule has 0 aliphatic rings. The molecule has 2 aromatic carbocycles. The molecule has 5 nitrogen and oxygen atoms in total. The van der Waals surface area contributed by atoms with E-state index in [1.807, 2.05) is 43.3 Å². The first-order valence-electron chi connectivity index (χ1n) is 8.08. The molecule has 1 aromatic heterocycles. The number of hydrogen-bond acceptors (Lipinski definition) is 5. The van der Waals surface area contributed by atoms with Crippen molar-refractivity contribution < 1.29 is 0 Å². The normalized spacial score (nSPS) is 11.4. The van der Waals surface area contributed by atoms with Crippen LogP contribution in [0.15, 0.2) is 60.7 Å². The third-order valence-electron chi connectivity index (χ3n) is 3.79. The number of benzene rings is 2. The molecule has 0 spiro atoms. The maximum Gasteiger partial charge on any atom is 0.229 e. The zero-order valence-electron chi connectivity index (χ0n) is 14.2. The van der Waals surface area contributed by atoms with Crippen molar-refractivity contribution in [1.29, 1.82) is 5.26 Å². The van der Waals surface area contributed by atoms with Gasteiger partial charge >= 0.3 is 0 Å². The van der Waals surface area contributed by atoms with Crippen molar-refractivity contribution in [2.75, 3.05) is 10.6 Å². The average Bonchev–Trinajstić information content (AvgIpc) is 2.62. The number of nitriles is 1. The van der Waals surface area contributed by atoms with Crippen molar-refractivity contribution in [3.8, 4) is 6.07 Å². The van der Waals surface area contributed by atoms with Gasteiger partial charge in [-0.1, -0.05) is 30.3 Å². The summed E-state index contributed by atoms with van der Waals surface area (Å²) in [6.07, 6.45) is 0. The second-order valence-corrected chi connectivity index (χ2v) is 5.81. The summed E-state index contributed by atoms with van der Waals surface area (Å²) < 4.78 is 0. The topological polar surface area (TPSA) is 73.6 Å².